The first-order valence-electron chi connectivity index (χ1n) is 10.9. The van der Waals surface area contributed by atoms with Crippen molar-refractivity contribution in [3.05, 3.63) is 100 Å². The second kappa shape index (κ2) is 11.3. The molecule has 5 rings (SSSR count). The molecule has 0 aliphatic carbocycles. The number of rotatable bonds is 3. The molecule has 10 heteroatoms. The van der Waals surface area contributed by atoms with E-state index in [1.165, 1.54) is 13.4 Å². The summed E-state index contributed by atoms with van der Waals surface area (Å²) < 4.78 is 3.21. The fourth-order valence-corrected chi connectivity index (χ4v) is 4.33. The van der Waals surface area contributed by atoms with E-state index in [1.807, 2.05) is 48.5 Å². The first-order valence-corrected chi connectivity index (χ1v) is 14.2. The van der Waals surface area contributed by atoms with E-state index in [-0.39, 0.29) is 16.9 Å². The Kier molecular flexibility index (Phi) is 7.92. The summed E-state index contributed by atoms with van der Waals surface area (Å²) in [6.45, 7) is 2.07. The third-order valence-corrected chi connectivity index (χ3v) is 6.23. The molecule has 0 unspecified atom stereocenters. The fourth-order valence-electron chi connectivity index (χ4n) is 3.85. The Hall–Kier alpha value is -3.82. The normalized spacial score (nSPS) is 10.4. The number of carbonyl (C=O) groups excluding carboxylic acids is 1. The predicted molar refractivity (Wildman–Crippen MR) is 153 cm³/mol. The highest BCUT2D eigenvalue weighted by Crippen LogP contribution is 2.20. The van der Waals surface area contributed by atoms with E-state index in [0.29, 0.717) is 11.0 Å². The Morgan fingerprint density at radius 3 is 2.61 bits per heavy atom. The van der Waals surface area contributed by atoms with Crippen molar-refractivity contribution >= 4 is 58.3 Å². The number of nitrogen functional groups attached to an aromatic ring is 1. The van der Waals surface area contributed by atoms with Crippen molar-refractivity contribution in [3.8, 4) is 16.9 Å². The number of nitrogens with two attached hydrogens (primary N) is 2. The molecule has 0 radical (unpaired) electrons. The zero-order chi connectivity index (χ0) is 25.7. The van der Waals surface area contributed by atoms with Crippen LogP contribution in [-0.2, 0) is 6.42 Å². The van der Waals surface area contributed by atoms with Crippen molar-refractivity contribution < 1.29 is 4.79 Å². The molecule has 0 saturated heterocycles. The highest BCUT2D eigenvalue weighted by molar-refractivity contribution is 14.2. The maximum absolute atomic E-state index is 13.2. The van der Waals surface area contributed by atoms with Crippen LogP contribution in [0.25, 0.3) is 22.1 Å². The third-order valence-electron chi connectivity index (χ3n) is 5.39. The molecule has 0 aliphatic heterocycles. The Labute approximate surface area is 223 Å². The number of para-hydroxylation sites is 1. The summed E-state index contributed by atoms with van der Waals surface area (Å²) >= 11 is 2.13. The Morgan fingerprint density at radius 2 is 1.92 bits per heavy atom. The van der Waals surface area contributed by atoms with Crippen LogP contribution in [0.15, 0.2) is 77.9 Å². The summed E-state index contributed by atoms with van der Waals surface area (Å²) in [5.41, 5.74) is 13.8. The highest BCUT2D eigenvalue weighted by atomic mass is 127. The van der Waals surface area contributed by atoms with E-state index in [2.05, 4.69) is 55.5 Å². The van der Waals surface area contributed by atoms with Gasteiger partial charge in [-0.3, -0.25) is 14.2 Å². The Morgan fingerprint density at radius 1 is 1.14 bits per heavy atom. The largest absolute Gasteiger partial charge is 0.381 e. The fraction of sp³-hybridized carbons (Fsp3) is 0.0769. The maximum atomic E-state index is 13.2. The summed E-state index contributed by atoms with van der Waals surface area (Å²) in [6, 6.07) is 19.4. The molecule has 3 aromatic heterocycles. The van der Waals surface area contributed by atoms with Gasteiger partial charge in [0.05, 0.1) is 5.39 Å². The van der Waals surface area contributed by atoms with Gasteiger partial charge in [0, 0.05) is 50.5 Å². The van der Waals surface area contributed by atoms with Gasteiger partial charge in [-0.2, -0.15) is 0 Å². The number of aromatic nitrogens is 4. The van der Waals surface area contributed by atoms with Crippen LogP contribution < -0.4 is 17.0 Å². The topological polar surface area (TPSA) is 121 Å². The number of carbonyl (C=O) groups is 1. The van der Waals surface area contributed by atoms with Gasteiger partial charge in [-0.15, -0.1) is 5.10 Å². The van der Waals surface area contributed by atoms with Crippen LogP contribution in [0, 0.1) is 11.2 Å². The van der Waals surface area contributed by atoms with Crippen molar-refractivity contribution in [2.45, 2.75) is 13.3 Å². The van der Waals surface area contributed by atoms with Gasteiger partial charge < -0.3 is 11.5 Å². The van der Waals surface area contributed by atoms with Crippen LogP contribution in [0.1, 0.15) is 28.5 Å². The molecular weight excluding hydrogens is 587 g/mol. The molecule has 1 amide bonds. The number of anilines is 1. The molecule has 0 atom stereocenters. The van der Waals surface area contributed by atoms with Gasteiger partial charge in [0.2, 0.25) is 0 Å². The van der Waals surface area contributed by atoms with Gasteiger partial charge in [-0.25, -0.2) is 9.50 Å². The Balaban J connectivity index is 0.000000197. The molecule has 2 aromatic carbocycles. The van der Waals surface area contributed by atoms with E-state index in [1.54, 1.807) is 23.0 Å². The first kappa shape index (κ1) is 25.3. The monoisotopic (exact) mass is 608 g/mol. The number of amides is 1. The van der Waals surface area contributed by atoms with E-state index < -0.39 is 5.91 Å². The van der Waals surface area contributed by atoms with Crippen LogP contribution in [-0.4, -0.2) is 25.1 Å². The number of hydrogen-bond donors (Lipinski definition) is 2. The van der Waals surface area contributed by atoms with Crippen molar-refractivity contribution in [1.29, 1.82) is 0 Å². The lowest BCUT2D eigenvalue weighted by Crippen LogP contribution is -2.22. The summed E-state index contributed by atoms with van der Waals surface area (Å²) in [4.78, 5) is 28.1. The van der Waals surface area contributed by atoms with Crippen LogP contribution >= 0.6 is 30.1 Å². The zero-order valence-electron chi connectivity index (χ0n) is 19.2. The van der Waals surface area contributed by atoms with Gasteiger partial charge in [0.25, 0.3) is 11.5 Å². The SMILES string of the molecule is CCc1cc2cccc(C#CSI)c2c(=O)n1-c1ccccc1.NC(=O)c1c(N)nn2cccnc12. The molecular formula is C26H21IN6O2S. The van der Waals surface area contributed by atoms with Gasteiger partial charge in [0.15, 0.2) is 11.5 Å². The number of benzene rings is 2. The van der Waals surface area contributed by atoms with E-state index in [0.717, 1.165) is 28.8 Å². The summed E-state index contributed by atoms with van der Waals surface area (Å²) in [6.07, 6.45) is 3.98. The number of halogens is 1. The molecule has 0 fully saturated rings. The lowest BCUT2D eigenvalue weighted by Gasteiger charge is -2.14. The molecule has 5 aromatic rings. The van der Waals surface area contributed by atoms with Crippen molar-refractivity contribution in [2.75, 3.05) is 5.73 Å². The molecule has 0 spiro atoms. The minimum atomic E-state index is -0.619. The van der Waals surface area contributed by atoms with Crippen molar-refractivity contribution in [2.24, 2.45) is 5.73 Å². The molecule has 0 bridgehead atoms. The number of aryl methyl sites for hydroxylation is 1. The zero-order valence-corrected chi connectivity index (χ0v) is 22.2. The molecule has 8 nitrogen and oxygen atoms in total. The molecule has 0 saturated carbocycles. The Bertz CT molecular complexity index is 1690. The predicted octanol–water partition coefficient (Wildman–Crippen LogP) is 4.36. The van der Waals surface area contributed by atoms with Crippen LogP contribution in [0.5, 0.6) is 0 Å². The number of primary amides is 1. The minimum absolute atomic E-state index is 0.00564. The van der Waals surface area contributed by atoms with Gasteiger partial charge in [0.1, 0.15) is 5.56 Å². The molecule has 4 N–H and O–H groups in total. The summed E-state index contributed by atoms with van der Waals surface area (Å²) in [7, 11) is 1.42. The smallest absolute Gasteiger partial charge is 0.264 e. The third kappa shape index (κ3) is 5.07. The second-order valence-corrected chi connectivity index (χ2v) is 9.23. The van der Waals surface area contributed by atoms with Crippen molar-refractivity contribution in [1.82, 2.24) is 19.2 Å². The number of pyridine rings is 1. The minimum Gasteiger partial charge on any atom is -0.381 e. The summed E-state index contributed by atoms with van der Waals surface area (Å²) in [5, 5.41) is 8.48. The molecule has 180 valence electrons. The number of fused-ring (bicyclic) bond motifs is 2. The van der Waals surface area contributed by atoms with Gasteiger partial charge >= 0.3 is 0 Å². The van der Waals surface area contributed by atoms with Gasteiger partial charge in [-0.05, 0) is 56.3 Å². The van der Waals surface area contributed by atoms with Crippen LogP contribution in [0.2, 0.25) is 0 Å². The van der Waals surface area contributed by atoms with Crippen LogP contribution in [0.4, 0.5) is 5.82 Å². The lowest BCUT2D eigenvalue weighted by molar-refractivity contribution is 0.100. The highest BCUT2D eigenvalue weighted by Gasteiger charge is 2.15. The number of hydrogen-bond acceptors (Lipinski definition) is 6. The molecule has 0 aliphatic rings. The average molecular weight is 608 g/mol. The standard InChI is InChI=1S/C19H14INOS.C7H7N5O/c1-2-16-13-15-8-6-7-14(11-12-23-20)18(15)19(22)21(16)17-9-4-3-5-10-17;8-5-4(6(9)13)7-10-2-1-3-12(7)11-5/h3-10,13H,2H2,1H3;1-3H,(H2,8,11)(H2,9,13). The lowest BCUT2D eigenvalue weighted by atomic mass is 10.0. The second-order valence-electron chi connectivity index (χ2n) is 7.55. The van der Waals surface area contributed by atoms with E-state index >= 15 is 0 Å². The van der Waals surface area contributed by atoms with Crippen molar-refractivity contribution in [3.63, 3.8) is 0 Å². The average Bonchev–Trinajstić information content (AvgIpc) is 3.24. The summed E-state index contributed by atoms with van der Waals surface area (Å²) in [5.74, 6) is 2.57. The first-order chi connectivity index (χ1) is 17.5. The number of nitrogens with zero attached hydrogens (tertiary/aromatic N) is 4. The maximum Gasteiger partial charge on any atom is 0.264 e. The van der Waals surface area contributed by atoms with E-state index in [9.17, 15) is 9.59 Å². The molecule has 3 heterocycles. The molecule has 36 heavy (non-hydrogen) atoms. The van der Waals surface area contributed by atoms with Gasteiger partial charge in [-0.1, -0.05) is 43.2 Å². The quantitative estimate of drug-likeness (QED) is 0.232. The van der Waals surface area contributed by atoms with E-state index in [4.69, 9.17) is 11.5 Å². The van der Waals surface area contributed by atoms with Crippen LogP contribution in [0.3, 0.4) is 0 Å².